The highest BCUT2D eigenvalue weighted by atomic mass is 32.2. The Morgan fingerprint density at radius 1 is 0.967 bits per heavy atom. The molecule has 6 heteroatoms. The lowest BCUT2D eigenvalue weighted by Crippen LogP contribution is -2.42. The predicted octanol–water partition coefficient (Wildman–Crippen LogP) is 4.89. The van der Waals surface area contributed by atoms with Crippen LogP contribution in [0.2, 0.25) is 0 Å². The zero-order valence-electron chi connectivity index (χ0n) is 16.1. The molecule has 4 aromatic rings. The van der Waals surface area contributed by atoms with Crippen LogP contribution in [0, 0.1) is 0 Å². The minimum Gasteiger partial charge on any atom is -0.489 e. The molecule has 0 saturated heterocycles. The number of amides is 1. The average molecular weight is 414 g/mol. The third-order valence-corrected chi connectivity index (χ3v) is 6.11. The summed E-state index contributed by atoms with van der Waals surface area (Å²) in [4.78, 5) is 24.0. The molecule has 0 bridgehead atoms. The first-order chi connectivity index (χ1) is 14.8. The van der Waals surface area contributed by atoms with Gasteiger partial charge in [-0.15, -0.1) is 0 Å². The van der Waals surface area contributed by atoms with Crippen LogP contribution in [0.15, 0.2) is 90.2 Å². The number of carbonyl (C=O) groups excluding carboxylic acids is 1. The third-order valence-electron chi connectivity index (χ3n) is 5.12. The molecule has 0 aliphatic carbocycles. The van der Waals surface area contributed by atoms with Crippen LogP contribution >= 0.6 is 11.8 Å². The number of para-hydroxylation sites is 3. The van der Waals surface area contributed by atoms with E-state index in [0.29, 0.717) is 6.61 Å². The van der Waals surface area contributed by atoms with Crippen molar-refractivity contribution >= 4 is 34.3 Å². The third kappa shape index (κ3) is 3.50. The molecule has 0 N–H and O–H groups in total. The molecular weight excluding hydrogens is 394 g/mol. The fraction of sp³-hybridized carbons (Fsp3) is 0.125. The van der Waals surface area contributed by atoms with Crippen molar-refractivity contribution < 1.29 is 9.53 Å². The number of thioether (sulfide) groups is 1. The molecule has 1 amide bonds. The molecule has 0 radical (unpaired) electrons. The fourth-order valence-corrected chi connectivity index (χ4v) is 4.56. The van der Waals surface area contributed by atoms with Crippen LogP contribution in [-0.4, -0.2) is 28.2 Å². The number of carbonyl (C=O) groups is 1. The fourth-order valence-electron chi connectivity index (χ4n) is 3.71. The van der Waals surface area contributed by atoms with Crippen molar-refractivity contribution in [1.29, 1.82) is 0 Å². The van der Waals surface area contributed by atoms with Gasteiger partial charge in [0, 0.05) is 5.39 Å². The Bertz CT molecular complexity index is 1190. The summed E-state index contributed by atoms with van der Waals surface area (Å²) in [5.74, 6) is 1.03. The Morgan fingerprint density at radius 2 is 1.73 bits per heavy atom. The van der Waals surface area contributed by atoms with Crippen LogP contribution in [0.3, 0.4) is 0 Å². The van der Waals surface area contributed by atoms with Gasteiger partial charge in [-0.05, 0) is 23.8 Å². The van der Waals surface area contributed by atoms with Gasteiger partial charge in [0.25, 0.3) is 0 Å². The maximum atomic E-state index is 13.5. The van der Waals surface area contributed by atoms with Crippen molar-refractivity contribution in [3.05, 3.63) is 90.8 Å². The summed E-state index contributed by atoms with van der Waals surface area (Å²) in [7, 11) is 0. The van der Waals surface area contributed by atoms with E-state index in [1.54, 1.807) is 6.33 Å². The van der Waals surface area contributed by atoms with Gasteiger partial charge in [0.05, 0.1) is 23.0 Å². The molecule has 5 nitrogen and oxygen atoms in total. The molecule has 0 saturated carbocycles. The molecule has 1 aliphatic rings. The van der Waals surface area contributed by atoms with Crippen LogP contribution in [0.5, 0.6) is 5.75 Å². The monoisotopic (exact) mass is 413 g/mol. The first kappa shape index (κ1) is 18.6. The summed E-state index contributed by atoms with van der Waals surface area (Å²) in [5.41, 5.74) is 2.73. The number of ether oxygens (including phenoxy) is 1. The Morgan fingerprint density at radius 3 is 2.63 bits per heavy atom. The van der Waals surface area contributed by atoms with Crippen LogP contribution < -0.4 is 9.64 Å². The van der Waals surface area contributed by atoms with Crippen molar-refractivity contribution in [2.24, 2.45) is 0 Å². The van der Waals surface area contributed by atoms with E-state index in [9.17, 15) is 4.79 Å². The molecule has 1 atom stereocenters. The van der Waals surface area contributed by atoms with Crippen molar-refractivity contribution in [2.45, 2.75) is 11.1 Å². The van der Waals surface area contributed by atoms with Gasteiger partial charge in [-0.1, -0.05) is 72.4 Å². The number of rotatable bonds is 4. The maximum absolute atomic E-state index is 13.5. The number of fused-ring (bicyclic) bond motifs is 2. The Balaban J connectivity index is 1.45. The minimum atomic E-state index is -0.170. The molecule has 0 unspecified atom stereocenters. The van der Waals surface area contributed by atoms with E-state index in [2.05, 4.69) is 9.97 Å². The van der Waals surface area contributed by atoms with Crippen LogP contribution in [-0.2, 0) is 4.79 Å². The van der Waals surface area contributed by atoms with Crippen molar-refractivity contribution in [2.75, 3.05) is 17.3 Å². The first-order valence-corrected chi connectivity index (χ1v) is 10.7. The van der Waals surface area contributed by atoms with Crippen LogP contribution in [0.4, 0.5) is 5.69 Å². The van der Waals surface area contributed by atoms with E-state index >= 15 is 0 Å². The molecule has 148 valence electrons. The van der Waals surface area contributed by atoms with Gasteiger partial charge in [-0.2, -0.15) is 0 Å². The highest BCUT2D eigenvalue weighted by Crippen LogP contribution is 2.40. The Kier molecular flexibility index (Phi) is 5.07. The second kappa shape index (κ2) is 8.16. The van der Waals surface area contributed by atoms with Crippen LogP contribution in [0.1, 0.15) is 11.6 Å². The molecule has 0 spiro atoms. The van der Waals surface area contributed by atoms with Gasteiger partial charge < -0.3 is 4.74 Å². The summed E-state index contributed by atoms with van der Waals surface area (Å²) >= 11 is 1.44. The summed E-state index contributed by atoms with van der Waals surface area (Å²) in [6.45, 7) is 0.424. The highest BCUT2D eigenvalue weighted by Gasteiger charge is 2.33. The minimum absolute atomic E-state index is 0.0206. The normalized spacial score (nSPS) is 15.5. The van der Waals surface area contributed by atoms with Gasteiger partial charge in [0.1, 0.15) is 23.7 Å². The van der Waals surface area contributed by atoms with E-state index in [1.165, 1.54) is 11.8 Å². The highest BCUT2D eigenvalue weighted by molar-refractivity contribution is 8.00. The molecule has 0 fully saturated rings. The number of hydrogen-bond donors (Lipinski definition) is 0. The first-order valence-electron chi connectivity index (χ1n) is 9.72. The molecule has 30 heavy (non-hydrogen) atoms. The van der Waals surface area contributed by atoms with E-state index in [0.717, 1.165) is 32.9 Å². The zero-order valence-corrected chi connectivity index (χ0v) is 17.0. The van der Waals surface area contributed by atoms with E-state index in [4.69, 9.17) is 4.74 Å². The number of hydrogen-bond acceptors (Lipinski definition) is 5. The largest absolute Gasteiger partial charge is 0.489 e. The molecule has 5 rings (SSSR count). The van der Waals surface area contributed by atoms with Gasteiger partial charge in [0.2, 0.25) is 5.91 Å². The standard InChI is InChI=1S/C24H19N3O2S/c28-23(15-30-24-18-10-4-5-11-19(18)25-16-26-24)27-20-12-6-7-13-22(20)29-14-21(27)17-8-2-1-3-9-17/h1-13,16,21H,14-15H2/t21-/m0/s1. The second-order valence-corrected chi connectivity index (χ2v) is 7.92. The van der Waals surface area contributed by atoms with Crippen molar-refractivity contribution in [3.8, 4) is 5.75 Å². The van der Waals surface area contributed by atoms with E-state index in [-0.39, 0.29) is 17.7 Å². The molecule has 2 heterocycles. The average Bonchev–Trinajstić information content (AvgIpc) is 2.82. The summed E-state index contributed by atoms with van der Waals surface area (Å²) < 4.78 is 5.97. The lowest BCUT2D eigenvalue weighted by atomic mass is 10.0. The van der Waals surface area contributed by atoms with E-state index in [1.807, 2.05) is 83.8 Å². The van der Waals surface area contributed by atoms with Gasteiger partial charge >= 0.3 is 0 Å². The van der Waals surface area contributed by atoms with Gasteiger partial charge in [0.15, 0.2) is 0 Å². The number of aromatic nitrogens is 2. The lowest BCUT2D eigenvalue weighted by Gasteiger charge is -2.37. The smallest absolute Gasteiger partial charge is 0.238 e. The zero-order chi connectivity index (χ0) is 20.3. The van der Waals surface area contributed by atoms with E-state index < -0.39 is 0 Å². The molecule has 3 aromatic carbocycles. The molecule has 1 aliphatic heterocycles. The second-order valence-electron chi connectivity index (χ2n) is 6.95. The van der Waals surface area contributed by atoms with Crippen LogP contribution in [0.25, 0.3) is 10.9 Å². The van der Waals surface area contributed by atoms with Crippen molar-refractivity contribution in [3.63, 3.8) is 0 Å². The number of nitrogens with zero attached hydrogens (tertiary/aromatic N) is 3. The number of anilines is 1. The topological polar surface area (TPSA) is 55.3 Å². The summed E-state index contributed by atoms with van der Waals surface area (Å²) in [5, 5.41) is 1.77. The lowest BCUT2D eigenvalue weighted by molar-refractivity contribution is -0.117. The SMILES string of the molecule is O=C(CSc1ncnc2ccccc12)N1c2ccccc2OC[C@H]1c1ccccc1. The molecular formula is C24H19N3O2S. The number of benzene rings is 3. The Hall–Kier alpha value is -3.38. The summed E-state index contributed by atoms with van der Waals surface area (Å²) in [6, 6.07) is 25.4. The quantitative estimate of drug-likeness (QED) is 0.352. The molecule has 1 aromatic heterocycles. The van der Waals surface area contributed by atoms with Crippen molar-refractivity contribution in [1.82, 2.24) is 9.97 Å². The maximum Gasteiger partial charge on any atom is 0.238 e. The Labute approximate surface area is 178 Å². The van der Waals surface area contributed by atoms with Gasteiger partial charge in [-0.25, -0.2) is 9.97 Å². The summed E-state index contributed by atoms with van der Waals surface area (Å²) in [6.07, 6.45) is 1.55. The predicted molar refractivity (Wildman–Crippen MR) is 119 cm³/mol. The van der Waals surface area contributed by atoms with Gasteiger partial charge in [-0.3, -0.25) is 9.69 Å².